The molecule has 1 aliphatic rings. The number of methoxy groups -OCH3 is 2. The molecular formula is C19H22O5. The van der Waals surface area contributed by atoms with Crippen LogP contribution in [0.15, 0.2) is 42.5 Å². The van der Waals surface area contributed by atoms with E-state index in [1.807, 2.05) is 36.4 Å². The van der Waals surface area contributed by atoms with Crippen molar-refractivity contribution < 1.29 is 23.7 Å². The van der Waals surface area contributed by atoms with Crippen LogP contribution in [0.25, 0.3) is 0 Å². The van der Waals surface area contributed by atoms with Crippen LogP contribution in [0.1, 0.15) is 23.7 Å². The Morgan fingerprint density at radius 2 is 1.58 bits per heavy atom. The first-order chi connectivity index (χ1) is 11.8. The fraction of sp³-hybridized carbons (Fsp3) is 0.368. The van der Waals surface area contributed by atoms with E-state index in [9.17, 15) is 0 Å². The van der Waals surface area contributed by atoms with Crippen LogP contribution in [0.2, 0.25) is 0 Å². The molecule has 0 bridgehead atoms. The molecule has 2 aromatic rings. The monoisotopic (exact) mass is 330 g/mol. The molecule has 0 aromatic heterocycles. The largest absolute Gasteiger partial charge is 0.485 e. The molecule has 0 fully saturated rings. The van der Waals surface area contributed by atoms with Gasteiger partial charge in [0.2, 0.25) is 0 Å². The van der Waals surface area contributed by atoms with Gasteiger partial charge in [-0.15, -0.1) is 0 Å². The fourth-order valence-electron chi connectivity index (χ4n) is 2.71. The molecule has 1 unspecified atom stereocenters. The lowest BCUT2D eigenvalue weighted by Gasteiger charge is -2.27. The summed E-state index contributed by atoms with van der Waals surface area (Å²) in [4.78, 5) is 0. The first-order valence-electron chi connectivity index (χ1n) is 7.93. The van der Waals surface area contributed by atoms with Crippen LogP contribution in [0.3, 0.4) is 0 Å². The Kier molecular flexibility index (Phi) is 5.56. The lowest BCUT2D eigenvalue weighted by Crippen LogP contribution is -2.15. The van der Waals surface area contributed by atoms with Crippen molar-refractivity contribution in [1.82, 2.24) is 0 Å². The maximum Gasteiger partial charge on any atom is 0.188 e. The Labute approximate surface area is 142 Å². The second kappa shape index (κ2) is 8.04. The number of benzene rings is 2. The molecule has 0 aliphatic carbocycles. The minimum atomic E-state index is 0.0339. The highest BCUT2D eigenvalue weighted by atomic mass is 16.7. The molecule has 5 heteroatoms. The number of hydrogen-bond acceptors (Lipinski definition) is 5. The molecule has 2 aromatic carbocycles. The molecule has 1 aliphatic heterocycles. The van der Waals surface area contributed by atoms with Crippen molar-refractivity contribution in [3.05, 3.63) is 53.6 Å². The first-order valence-corrected chi connectivity index (χ1v) is 7.93. The molecule has 1 heterocycles. The van der Waals surface area contributed by atoms with E-state index < -0.39 is 0 Å². The topological polar surface area (TPSA) is 46.2 Å². The van der Waals surface area contributed by atoms with Crippen LogP contribution in [0, 0.1) is 0 Å². The summed E-state index contributed by atoms with van der Waals surface area (Å²) >= 11 is 0. The third-order valence-corrected chi connectivity index (χ3v) is 3.92. The predicted octanol–water partition coefficient (Wildman–Crippen LogP) is 3.72. The summed E-state index contributed by atoms with van der Waals surface area (Å²) < 4.78 is 26.9. The van der Waals surface area contributed by atoms with E-state index in [-0.39, 0.29) is 19.7 Å². The average Bonchev–Trinajstić information content (AvgIpc) is 2.64. The van der Waals surface area contributed by atoms with Gasteiger partial charge in [-0.3, -0.25) is 0 Å². The normalized spacial score (nSPS) is 16.2. The molecule has 0 saturated heterocycles. The highest BCUT2D eigenvalue weighted by Crippen LogP contribution is 2.37. The highest BCUT2D eigenvalue weighted by Gasteiger charge is 2.21. The van der Waals surface area contributed by atoms with Crippen molar-refractivity contribution in [2.24, 2.45) is 0 Å². The minimum absolute atomic E-state index is 0.0339. The third kappa shape index (κ3) is 3.99. The van der Waals surface area contributed by atoms with Crippen molar-refractivity contribution in [2.45, 2.75) is 18.9 Å². The van der Waals surface area contributed by atoms with Crippen LogP contribution in [-0.2, 0) is 15.9 Å². The number of ether oxygens (including phenoxy) is 5. The molecular weight excluding hydrogens is 308 g/mol. The van der Waals surface area contributed by atoms with Crippen molar-refractivity contribution >= 4 is 0 Å². The quantitative estimate of drug-likeness (QED) is 0.724. The fourth-order valence-corrected chi connectivity index (χ4v) is 2.71. The van der Waals surface area contributed by atoms with Gasteiger partial charge in [0.25, 0.3) is 0 Å². The van der Waals surface area contributed by atoms with Crippen LogP contribution in [-0.4, -0.2) is 27.8 Å². The summed E-state index contributed by atoms with van der Waals surface area (Å²) in [5.74, 6) is 2.41. The molecule has 3 rings (SSSR count). The summed E-state index contributed by atoms with van der Waals surface area (Å²) in [6.45, 7) is 0.474. The summed E-state index contributed by atoms with van der Waals surface area (Å²) in [7, 11) is 3.21. The van der Waals surface area contributed by atoms with Crippen molar-refractivity contribution in [3.8, 4) is 17.2 Å². The van der Waals surface area contributed by atoms with Crippen LogP contribution in [0.4, 0.5) is 0 Å². The van der Waals surface area contributed by atoms with Gasteiger partial charge in [-0.05, 0) is 42.2 Å². The molecule has 5 nitrogen and oxygen atoms in total. The number of aryl methyl sites for hydroxylation is 1. The molecule has 0 spiro atoms. The Bertz CT molecular complexity index is 653. The lowest BCUT2D eigenvalue weighted by atomic mass is 9.97. The lowest BCUT2D eigenvalue weighted by molar-refractivity contribution is 0.0507. The summed E-state index contributed by atoms with van der Waals surface area (Å²) in [6.07, 6.45) is 1.96. The highest BCUT2D eigenvalue weighted by molar-refractivity contribution is 5.43. The van der Waals surface area contributed by atoms with Gasteiger partial charge in [0.15, 0.2) is 13.6 Å². The van der Waals surface area contributed by atoms with Gasteiger partial charge >= 0.3 is 0 Å². The number of rotatable bonds is 7. The number of hydrogen-bond donors (Lipinski definition) is 0. The van der Waals surface area contributed by atoms with E-state index in [2.05, 4.69) is 6.07 Å². The van der Waals surface area contributed by atoms with Gasteiger partial charge < -0.3 is 23.7 Å². The smallest absolute Gasteiger partial charge is 0.188 e. The SMILES string of the molecule is COCOc1ccc(C2CCc3ccc(OCOC)cc3O2)cc1. The summed E-state index contributed by atoms with van der Waals surface area (Å²) in [6, 6.07) is 13.9. The standard InChI is InChI=1S/C19H22O5/c1-20-12-22-16-7-3-14(4-8-16)18-10-6-15-5-9-17(23-13-21-2)11-19(15)24-18/h3-5,7-9,11,18H,6,10,12-13H2,1-2H3. The van der Waals surface area contributed by atoms with Crippen molar-refractivity contribution in [3.63, 3.8) is 0 Å². The van der Waals surface area contributed by atoms with Crippen LogP contribution in [0.5, 0.6) is 17.2 Å². The second-order valence-electron chi connectivity index (χ2n) is 5.59. The Morgan fingerprint density at radius 1 is 0.917 bits per heavy atom. The zero-order chi connectivity index (χ0) is 16.8. The van der Waals surface area contributed by atoms with E-state index >= 15 is 0 Å². The Hall–Kier alpha value is -2.24. The molecule has 0 saturated carbocycles. The molecule has 24 heavy (non-hydrogen) atoms. The molecule has 128 valence electrons. The second-order valence-corrected chi connectivity index (χ2v) is 5.59. The van der Waals surface area contributed by atoms with E-state index in [4.69, 9.17) is 23.7 Å². The van der Waals surface area contributed by atoms with Crippen LogP contribution < -0.4 is 14.2 Å². The zero-order valence-electron chi connectivity index (χ0n) is 14.0. The van der Waals surface area contributed by atoms with Crippen molar-refractivity contribution in [1.29, 1.82) is 0 Å². The maximum absolute atomic E-state index is 6.17. The molecule has 0 N–H and O–H groups in total. The predicted molar refractivity (Wildman–Crippen MR) is 89.6 cm³/mol. The molecule has 1 atom stereocenters. The Morgan fingerprint density at radius 3 is 2.29 bits per heavy atom. The summed E-state index contributed by atoms with van der Waals surface area (Å²) in [5.41, 5.74) is 2.34. The van der Waals surface area contributed by atoms with Gasteiger partial charge in [-0.25, -0.2) is 0 Å². The number of fused-ring (bicyclic) bond motifs is 1. The van der Waals surface area contributed by atoms with E-state index in [0.717, 1.165) is 35.7 Å². The Balaban J connectivity index is 1.69. The minimum Gasteiger partial charge on any atom is -0.485 e. The average molecular weight is 330 g/mol. The zero-order valence-corrected chi connectivity index (χ0v) is 14.0. The van der Waals surface area contributed by atoms with Gasteiger partial charge in [0.05, 0.1) is 0 Å². The van der Waals surface area contributed by atoms with Crippen molar-refractivity contribution in [2.75, 3.05) is 27.8 Å². The van der Waals surface area contributed by atoms with Gasteiger partial charge in [0.1, 0.15) is 23.4 Å². The first kappa shape index (κ1) is 16.6. The van der Waals surface area contributed by atoms with E-state index in [1.54, 1.807) is 14.2 Å². The van der Waals surface area contributed by atoms with E-state index in [0.29, 0.717) is 0 Å². The molecule has 0 radical (unpaired) electrons. The molecule has 0 amide bonds. The summed E-state index contributed by atoms with van der Waals surface area (Å²) in [5, 5.41) is 0. The third-order valence-electron chi connectivity index (χ3n) is 3.92. The van der Waals surface area contributed by atoms with E-state index in [1.165, 1.54) is 5.56 Å². The van der Waals surface area contributed by atoms with Gasteiger partial charge in [-0.1, -0.05) is 18.2 Å². The van der Waals surface area contributed by atoms with Crippen LogP contribution >= 0.6 is 0 Å². The maximum atomic E-state index is 6.17. The van der Waals surface area contributed by atoms with Gasteiger partial charge in [-0.2, -0.15) is 0 Å². The van der Waals surface area contributed by atoms with Gasteiger partial charge in [0, 0.05) is 20.3 Å².